The SMILES string of the molecule is Cc1cc(-n2cc(-c3cc(C(=O)N(C)C)c4ccccc4n3)cn2)ccn1. The monoisotopic (exact) mass is 357 g/mol. The Balaban J connectivity index is 1.84. The maximum atomic E-state index is 12.7. The zero-order valence-corrected chi connectivity index (χ0v) is 15.4. The van der Waals surface area contributed by atoms with E-state index in [-0.39, 0.29) is 5.91 Å². The van der Waals surface area contributed by atoms with Crippen LogP contribution in [0.5, 0.6) is 0 Å². The Morgan fingerprint density at radius 1 is 1.11 bits per heavy atom. The molecule has 0 unspecified atom stereocenters. The number of nitrogens with zero attached hydrogens (tertiary/aromatic N) is 5. The molecule has 4 rings (SSSR count). The van der Waals surface area contributed by atoms with Crippen molar-refractivity contribution in [1.29, 1.82) is 0 Å². The van der Waals surface area contributed by atoms with Crippen LogP contribution in [0.4, 0.5) is 0 Å². The van der Waals surface area contributed by atoms with Gasteiger partial charge in [0, 0.05) is 43.1 Å². The number of hydrogen-bond acceptors (Lipinski definition) is 4. The van der Waals surface area contributed by atoms with Crippen LogP contribution in [0.25, 0.3) is 27.8 Å². The molecule has 0 aliphatic carbocycles. The second kappa shape index (κ2) is 6.64. The minimum absolute atomic E-state index is 0.0491. The summed E-state index contributed by atoms with van der Waals surface area (Å²) in [7, 11) is 3.50. The average molecular weight is 357 g/mol. The summed E-state index contributed by atoms with van der Waals surface area (Å²) in [6.45, 7) is 1.94. The summed E-state index contributed by atoms with van der Waals surface area (Å²) in [5.74, 6) is -0.0491. The van der Waals surface area contributed by atoms with Crippen molar-refractivity contribution in [3.8, 4) is 16.9 Å². The van der Waals surface area contributed by atoms with Crippen LogP contribution in [0, 0.1) is 6.92 Å². The Kier molecular flexibility index (Phi) is 4.16. The normalized spacial score (nSPS) is 10.9. The highest BCUT2D eigenvalue weighted by molar-refractivity contribution is 6.07. The number of amides is 1. The first-order chi connectivity index (χ1) is 13.0. The molecule has 3 heterocycles. The van der Waals surface area contributed by atoms with E-state index >= 15 is 0 Å². The van der Waals surface area contributed by atoms with E-state index in [4.69, 9.17) is 4.98 Å². The van der Waals surface area contributed by atoms with Crippen molar-refractivity contribution < 1.29 is 4.79 Å². The molecule has 6 nitrogen and oxygen atoms in total. The second-order valence-corrected chi connectivity index (χ2v) is 6.60. The minimum Gasteiger partial charge on any atom is -0.345 e. The lowest BCUT2D eigenvalue weighted by Crippen LogP contribution is -2.22. The fraction of sp³-hybridized carbons (Fsp3) is 0.143. The van der Waals surface area contributed by atoms with Gasteiger partial charge in [-0.2, -0.15) is 5.10 Å². The quantitative estimate of drug-likeness (QED) is 0.563. The molecule has 0 fully saturated rings. The number of benzene rings is 1. The highest BCUT2D eigenvalue weighted by atomic mass is 16.2. The van der Waals surface area contributed by atoms with Crippen LogP contribution < -0.4 is 0 Å². The maximum Gasteiger partial charge on any atom is 0.254 e. The summed E-state index contributed by atoms with van der Waals surface area (Å²) in [5, 5.41) is 5.29. The fourth-order valence-corrected chi connectivity index (χ4v) is 3.01. The molecular formula is C21H19N5O. The van der Waals surface area contributed by atoms with Crippen LogP contribution in [0.1, 0.15) is 16.1 Å². The third kappa shape index (κ3) is 3.17. The van der Waals surface area contributed by atoms with Crippen LogP contribution in [-0.4, -0.2) is 44.7 Å². The molecule has 3 aromatic heterocycles. The van der Waals surface area contributed by atoms with Crippen molar-refractivity contribution in [3.05, 3.63) is 72.3 Å². The molecule has 0 N–H and O–H groups in total. The number of carbonyl (C=O) groups is 1. The predicted molar refractivity (Wildman–Crippen MR) is 105 cm³/mol. The zero-order chi connectivity index (χ0) is 19.0. The summed E-state index contributed by atoms with van der Waals surface area (Å²) in [6, 6.07) is 13.4. The molecule has 134 valence electrons. The van der Waals surface area contributed by atoms with Crippen molar-refractivity contribution in [3.63, 3.8) is 0 Å². The van der Waals surface area contributed by atoms with Crippen LogP contribution in [0.3, 0.4) is 0 Å². The summed E-state index contributed by atoms with van der Waals surface area (Å²) < 4.78 is 1.79. The Hall–Kier alpha value is -3.54. The van der Waals surface area contributed by atoms with E-state index in [1.807, 2.05) is 55.6 Å². The van der Waals surface area contributed by atoms with Gasteiger partial charge in [0.05, 0.1) is 28.7 Å². The van der Waals surface area contributed by atoms with Crippen LogP contribution in [0.15, 0.2) is 61.1 Å². The molecular weight excluding hydrogens is 338 g/mol. The Labute approximate surface area is 157 Å². The van der Waals surface area contributed by atoms with E-state index in [0.717, 1.165) is 33.5 Å². The van der Waals surface area contributed by atoms with E-state index < -0.39 is 0 Å². The molecule has 27 heavy (non-hydrogen) atoms. The van der Waals surface area contributed by atoms with E-state index in [2.05, 4.69) is 10.1 Å². The predicted octanol–water partition coefficient (Wildman–Crippen LogP) is 3.49. The first-order valence-corrected chi connectivity index (χ1v) is 8.62. The number of hydrogen-bond donors (Lipinski definition) is 0. The molecule has 4 aromatic rings. The summed E-state index contributed by atoms with van der Waals surface area (Å²) >= 11 is 0. The Bertz CT molecular complexity index is 1150. The zero-order valence-electron chi connectivity index (χ0n) is 15.4. The van der Waals surface area contributed by atoms with Gasteiger partial charge in [-0.05, 0) is 31.2 Å². The van der Waals surface area contributed by atoms with E-state index in [0.29, 0.717) is 5.56 Å². The van der Waals surface area contributed by atoms with Gasteiger partial charge in [0.15, 0.2) is 0 Å². The van der Waals surface area contributed by atoms with Crippen molar-refractivity contribution in [2.75, 3.05) is 14.1 Å². The van der Waals surface area contributed by atoms with Gasteiger partial charge in [0.1, 0.15) is 0 Å². The smallest absolute Gasteiger partial charge is 0.254 e. The molecule has 0 radical (unpaired) electrons. The summed E-state index contributed by atoms with van der Waals surface area (Å²) in [6.07, 6.45) is 5.43. The molecule has 6 heteroatoms. The summed E-state index contributed by atoms with van der Waals surface area (Å²) in [5.41, 5.74) is 4.84. The molecule has 1 aromatic carbocycles. The molecule has 1 amide bonds. The topological polar surface area (TPSA) is 63.9 Å². The standard InChI is InChI=1S/C21H19N5O/c1-14-10-16(8-9-22-14)26-13-15(12-23-26)20-11-18(21(27)25(2)3)17-6-4-5-7-19(17)24-20/h4-13H,1-3H3. The van der Waals surface area contributed by atoms with E-state index in [1.165, 1.54) is 0 Å². The van der Waals surface area contributed by atoms with Gasteiger partial charge < -0.3 is 4.90 Å². The lowest BCUT2D eigenvalue weighted by atomic mass is 10.0. The third-order valence-corrected chi connectivity index (χ3v) is 4.38. The van der Waals surface area contributed by atoms with Gasteiger partial charge in [-0.1, -0.05) is 18.2 Å². The van der Waals surface area contributed by atoms with Gasteiger partial charge in [-0.3, -0.25) is 9.78 Å². The molecule has 0 atom stereocenters. The van der Waals surface area contributed by atoms with Gasteiger partial charge in [0.2, 0.25) is 0 Å². The van der Waals surface area contributed by atoms with Crippen molar-refractivity contribution in [1.82, 2.24) is 24.6 Å². The first-order valence-electron chi connectivity index (χ1n) is 8.62. The van der Waals surface area contributed by atoms with Gasteiger partial charge in [0.25, 0.3) is 5.91 Å². The van der Waals surface area contributed by atoms with Gasteiger partial charge >= 0.3 is 0 Å². The first kappa shape index (κ1) is 16.9. The van der Waals surface area contributed by atoms with Crippen molar-refractivity contribution >= 4 is 16.8 Å². The third-order valence-electron chi connectivity index (χ3n) is 4.38. The van der Waals surface area contributed by atoms with E-state index in [9.17, 15) is 4.79 Å². The van der Waals surface area contributed by atoms with Crippen molar-refractivity contribution in [2.24, 2.45) is 0 Å². The molecule has 0 spiro atoms. The highest BCUT2D eigenvalue weighted by Gasteiger charge is 2.16. The lowest BCUT2D eigenvalue weighted by Gasteiger charge is -2.13. The number of aromatic nitrogens is 4. The van der Waals surface area contributed by atoms with Gasteiger partial charge in [-0.25, -0.2) is 9.67 Å². The molecule has 0 aliphatic heterocycles. The van der Waals surface area contributed by atoms with Crippen LogP contribution >= 0.6 is 0 Å². The number of aryl methyl sites for hydroxylation is 1. The number of pyridine rings is 2. The molecule has 0 saturated heterocycles. The van der Waals surface area contributed by atoms with Crippen molar-refractivity contribution in [2.45, 2.75) is 6.92 Å². The Morgan fingerprint density at radius 2 is 1.93 bits per heavy atom. The van der Waals surface area contributed by atoms with Crippen LogP contribution in [0.2, 0.25) is 0 Å². The van der Waals surface area contributed by atoms with E-state index in [1.54, 1.807) is 36.1 Å². The average Bonchev–Trinajstić information content (AvgIpc) is 3.17. The fourth-order valence-electron chi connectivity index (χ4n) is 3.01. The lowest BCUT2D eigenvalue weighted by molar-refractivity contribution is 0.0829. The number of rotatable bonds is 3. The Morgan fingerprint density at radius 3 is 2.70 bits per heavy atom. The molecule has 0 saturated carbocycles. The number of fused-ring (bicyclic) bond motifs is 1. The minimum atomic E-state index is -0.0491. The number of carbonyl (C=O) groups excluding carboxylic acids is 1. The van der Waals surface area contributed by atoms with Crippen LogP contribution in [-0.2, 0) is 0 Å². The largest absolute Gasteiger partial charge is 0.345 e. The molecule has 0 bridgehead atoms. The second-order valence-electron chi connectivity index (χ2n) is 6.60. The van der Waals surface area contributed by atoms with Gasteiger partial charge in [-0.15, -0.1) is 0 Å². The molecule has 0 aliphatic rings. The number of para-hydroxylation sites is 1. The summed E-state index contributed by atoms with van der Waals surface area (Å²) in [4.78, 5) is 23.2. The maximum absolute atomic E-state index is 12.7. The highest BCUT2D eigenvalue weighted by Crippen LogP contribution is 2.26.